The predicted octanol–water partition coefficient (Wildman–Crippen LogP) is 2.05. The number of pyridine rings is 1. The van der Waals surface area contributed by atoms with Crippen molar-refractivity contribution < 1.29 is 0 Å². The summed E-state index contributed by atoms with van der Waals surface area (Å²) in [4.78, 5) is 4.02. The van der Waals surface area contributed by atoms with E-state index >= 15 is 0 Å². The second-order valence-electron chi connectivity index (χ2n) is 2.42. The van der Waals surface area contributed by atoms with Gasteiger partial charge in [0.15, 0.2) is 0 Å². The third kappa shape index (κ3) is 2.66. The highest BCUT2D eigenvalue weighted by Gasteiger charge is 1.98. The van der Waals surface area contributed by atoms with Crippen molar-refractivity contribution in [2.24, 2.45) is 0 Å². The second-order valence-corrected chi connectivity index (χ2v) is 3.34. The Hall–Kier alpha value is -1.16. The van der Waals surface area contributed by atoms with Crippen LogP contribution in [0, 0.1) is 5.41 Å². The fraction of sp³-hybridized carbons (Fsp3) is 0.111. The van der Waals surface area contributed by atoms with Crippen LogP contribution >= 0.6 is 15.9 Å². The average Bonchev–Trinajstić information content (AvgIpc) is 2.14. The van der Waals surface area contributed by atoms with Crippen LogP contribution < -0.4 is 5.32 Å². The molecule has 2 N–H and O–H groups in total. The van der Waals surface area contributed by atoms with E-state index in [1.807, 2.05) is 6.07 Å². The second kappa shape index (κ2) is 4.77. The molecule has 0 radical (unpaired) electrons. The summed E-state index contributed by atoms with van der Waals surface area (Å²) in [6, 6.07) is 1.92. The first-order valence-corrected chi connectivity index (χ1v) is 4.56. The van der Waals surface area contributed by atoms with E-state index in [1.165, 1.54) is 6.21 Å². The summed E-state index contributed by atoms with van der Waals surface area (Å²) < 4.78 is 0.911. The number of halogens is 1. The fourth-order valence-corrected chi connectivity index (χ4v) is 1.30. The summed E-state index contributed by atoms with van der Waals surface area (Å²) in [6.45, 7) is 0. The van der Waals surface area contributed by atoms with Gasteiger partial charge in [0.1, 0.15) is 0 Å². The standard InChI is InChI=1S/C9H10BrN3/c1-12-4-8(3-11)7-2-9(10)6-13-5-7/h2-6,11-12H,1H3/b8-4+,11-3?. The molecule has 1 rings (SSSR count). The molecule has 0 fully saturated rings. The number of allylic oxidation sites excluding steroid dienone is 1. The van der Waals surface area contributed by atoms with Crippen LogP contribution in [-0.2, 0) is 0 Å². The van der Waals surface area contributed by atoms with Gasteiger partial charge in [0.25, 0.3) is 0 Å². The Morgan fingerprint density at radius 1 is 1.62 bits per heavy atom. The summed E-state index contributed by atoms with van der Waals surface area (Å²) in [6.07, 6.45) is 6.49. The summed E-state index contributed by atoms with van der Waals surface area (Å²) >= 11 is 3.33. The zero-order valence-electron chi connectivity index (χ0n) is 7.21. The molecule has 0 atom stereocenters. The van der Waals surface area contributed by atoms with Crippen molar-refractivity contribution in [2.75, 3.05) is 7.05 Å². The number of rotatable bonds is 3. The van der Waals surface area contributed by atoms with E-state index in [1.54, 1.807) is 25.6 Å². The van der Waals surface area contributed by atoms with Crippen LogP contribution in [0.3, 0.4) is 0 Å². The molecule has 3 nitrogen and oxygen atoms in total. The molecule has 0 aliphatic rings. The van der Waals surface area contributed by atoms with Crippen LogP contribution in [0.15, 0.2) is 29.1 Å². The summed E-state index contributed by atoms with van der Waals surface area (Å²) in [5.74, 6) is 0. The van der Waals surface area contributed by atoms with Crippen molar-refractivity contribution in [3.05, 3.63) is 34.7 Å². The maximum Gasteiger partial charge on any atom is 0.0410 e. The maximum absolute atomic E-state index is 7.19. The van der Waals surface area contributed by atoms with Crippen LogP contribution in [0.4, 0.5) is 0 Å². The van der Waals surface area contributed by atoms with Gasteiger partial charge in [-0.15, -0.1) is 0 Å². The van der Waals surface area contributed by atoms with Crippen LogP contribution in [0.5, 0.6) is 0 Å². The van der Waals surface area contributed by atoms with Crippen molar-refractivity contribution in [1.29, 1.82) is 5.41 Å². The predicted molar refractivity (Wildman–Crippen MR) is 57.8 cm³/mol. The van der Waals surface area contributed by atoms with Crippen molar-refractivity contribution in [3.8, 4) is 0 Å². The van der Waals surface area contributed by atoms with E-state index in [-0.39, 0.29) is 0 Å². The van der Waals surface area contributed by atoms with Gasteiger partial charge in [0, 0.05) is 47.5 Å². The van der Waals surface area contributed by atoms with Gasteiger partial charge in [-0.3, -0.25) is 4.98 Å². The molecule has 13 heavy (non-hydrogen) atoms. The minimum absolute atomic E-state index is 0.802. The topological polar surface area (TPSA) is 48.8 Å². The van der Waals surface area contributed by atoms with Gasteiger partial charge in [-0.25, -0.2) is 0 Å². The highest BCUT2D eigenvalue weighted by atomic mass is 79.9. The average molecular weight is 240 g/mol. The lowest BCUT2D eigenvalue weighted by molar-refractivity contribution is 1.11. The molecule has 0 amide bonds. The van der Waals surface area contributed by atoms with Crippen molar-refractivity contribution in [2.45, 2.75) is 0 Å². The quantitative estimate of drug-likeness (QED) is 0.794. The molecule has 1 aromatic rings. The minimum Gasteiger partial charge on any atom is -0.393 e. The van der Waals surface area contributed by atoms with Crippen molar-refractivity contribution in [3.63, 3.8) is 0 Å². The number of aromatic nitrogens is 1. The van der Waals surface area contributed by atoms with Crippen LogP contribution in [0.2, 0.25) is 0 Å². The van der Waals surface area contributed by atoms with E-state index in [9.17, 15) is 0 Å². The van der Waals surface area contributed by atoms with E-state index in [0.717, 1.165) is 15.6 Å². The van der Waals surface area contributed by atoms with Crippen LogP contribution in [-0.4, -0.2) is 18.2 Å². The molecule has 0 saturated heterocycles. The molecular weight excluding hydrogens is 230 g/mol. The zero-order valence-corrected chi connectivity index (χ0v) is 8.80. The van der Waals surface area contributed by atoms with Gasteiger partial charge in [-0.1, -0.05) is 0 Å². The fourth-order valence-electron chi connectivity index (χ4n) is 0.934. The SMILES string of the molecule is CN/C=C(\C=N)c1cncc(Br)c1. The first-order valence-electron chi connectivity index (χ1n) is 3.76. The molecule has 0 aliphatic heterocycles. The highest BCUT2D eigenvalue weighted by molar-refractivity contribution is 9.10. The Labute approximate surface area is 85.5 Å². The molecule has 0 saturated carbocycles. The van der Waals surface area contributed by atoms with Gasteiger partial charge in [0.05, 0.1) is 0 Å². The molecule has 0 unspecified atom stereocenters. The van der Waals surface area contributed by atoms with E-state index in [0.29, 0.717) is 0 Å². The van der Waals surface area contributed by atoms with Gasteiger partial charge in [-0.2, -0.15) is 0 Å². The van der Waals surface area contributed by atoms with Crippen molar-refractivity contribution >= 4 is 27.7 Å². The molecular formula is C9H10BrN3. The highest BCUT2D eigenvalue weighted by Crippen LogP contribution is 2.15. The van der Waals surface area contributed by atoms with Gasteiger partial charge in [-0.05, 0) is 22.0 Å². The van der Waals surface area contributed by atoms with Crippen LogP contribution in [0.25, 0.3) is 5.57 Å². The van der Waals surface area contributed by atoms with E-state index in [4.69, 9.17) is 5.41 Å². The molecule has 1 aromatic heterocycles. The largest absolute Gasteiger partial charge is 0.393 e. The monoisotopic (exact) mass is 239 g/mol. The Bertz CT molecular complexity index is 333. The zero-order chi connectivity index (χ0) is 9.68. The molecule has 0 spiro atoms. The molecule has 0 bridgehead atoms. The third-order valence-electron chi connectivity index (χ3n) is 1.49. The number of nitrogens with one attached hydrogen (secondary N) is 2. The van der Waals surface area contributed by atoms with Crippen molar-refractivity contribution in [1.82, 2.24) is 10.3 Å². The molecule has 68 valence electrons. The van der Waals surface area contributed by atoms with Gasteiger partial charge < -0.3 is 10.7 Å². The maximum atomic E-state index is 7.19. The lowest BCUT2D eigenvalue weighted by Crippen LogP contribution is -1.97. The number of nitrogens with zero attached hydrogens (tertiary/aromatic N) is 1. The third-order valence-corrected chi connectivity index (χ3v) is 1.93. The smallest absolute Gasteiger partial charge is 0.0410 e. The molecule has 1 heterocycles. The Balaban J connectivity index is 3.05. The number of hydrogen-bond acceptors (Lipinski definition) is 3. The number of hydrogen-bond donors (Lipinski definition) is 2. The molecule has 4 heteroatoms. The minimum atomic E-state index is 0.802. The van der Waals surface area contributed by atoms with Crippen LogP contribution in [0.1, 0.15) is 5.56 Å². The Morgan fingerprint density at radius 2 is 2.38 bits per heavy atom. The molecule has 0 aromatic carbocycles. The normalized spacial score (nSPS) is 11.1. The molecule has 0 aliphatic carbocycles. The Kier molecular flexibility index (Phi) is 3.64. The van der Waals surface area contributed by atoms with E-state index < -0.39 is 0 Å². The summed E-state index contributed by atoms with van der Waals surface area (Å²) in [5.41, 5.74) is 1.72. The first kappa shape index (κ1) is 9.92. The van der Waals surface area contributed by atoms with Gasteiger partial charge in [0.2, 0.25) is 0 Å². The lowest BCUT2D eigenvalue weighted by Gasteiger charge is -2.01. The summed E-state index contributed by atoms with van der Waals surface area (Å²) in [5, 5.41) is 10.1. The first-order chi connectivity index (χ1) is 6.27. The van der Waals surface area contributed by atoms with E-state index in [2.05, 4.69) is 26.2 Å². The Morgan fingerprint density at radius 3 is 2.92 bits per heavy atom. The van der Waals surface area contributed by atoms with Gasteiger partial charge >= 0.3 is 0 Å². The summed E-state index contributed by atoms with van der Waals surface area (Å²) in [7, 11) is 1.80. The lowest BCUT2D eigenvalue weighted by atomic mass is 10.1.